The molecule has 1 aromatic carbocycles. The smallest absolute Gasteiger partial charge is 0.132 e. The largest absolute Gasteiger partial charge is 0.488 e. The maximum Gasteiger partial charge on any atom is 0.132 e. The van der Waals surface area contributed by atoms with Gasteiger partial charge in [0.05, 0.1) is 17.3 Å². The summed E-state index contributed by atoms with van der Waals surface area (Å²) in [6, 6.07) is 8.24. The van der Waals surface area contributed by atoms with Gasteiger partial charge in [-0.1, -0.05) is 12.7 Å². The third kappa shape index (κ3) is 3.50. The Balaban J connectivity index is 1.37. The summed E-state index contributed by atoms with van der Waals surface area (Å²) in [6.45, 7) is 7.40. The zero-order chi connectivity index (χ0) is 20.7. The molecule has 3 aromatic rings. The van der Waals surface area contributed by atoms with Crippen molar-refractivity contribution in [3.05, 3.63) is 55.5 Å². The first kappa shape index (κ1) is 18.6. The second-order valence-corrected chi connectivity index (χ2v) is 8.18. The van der Waals surface area contributed by atoms with Crippen molar-refractivity contribution >= 4 is 16.7 Å². The monoisotopic (exact) mass is 403 g/mol. The number of ether oxygens (including phenoxy) is 1. The molecule has 1 aliphatic carbocycles. The Labute approximate surface area is 175 Å². The molecule has 5 rings (SSSR count). The van der Waals surface area contributed by atoms with Crippen LogP contribution in [0, 0.1) is 0 Å². The zero-order valence-electron chi connectivity index (χ0n) is 17.0. The molecule has 1 saturated carbocycles. The van der Waals surface area contributed by atoms with Crippen LogP contribution in [0.5, 0.6) is 5.75 Å². The van der Waals surface area contributed by atoms with E-state index in [2.05, 4.69) is 38.6 Å². The Morgan fingerprint density at radius 3 is 2.90 bits per heavy atom. The number of fused-ring (bicyclic) bond motifs is 1. The number of aromatic nitrogens is 4. The van der Waals surface area contributed by atoms with E-state index in [-0.39, 0.29) is 11.6 Å². The normalized spacial score (nSPS) is 17.9. The summed E-state index contributed by atoms with van der Waals surface area (Å²) in [7, 11) is 0. The number of hydrazine groups is 1. The molecular formula is C22H25N7O. The predicted octanol–water partition coefficient (Wildman–Crippen LogP) is 3.02. The predicted molar refractivity (Wildman–Crippen MR) is 117 cm³/mol. The quantitative estimate of drug-likeness (QED) is 0.356. The number of anilines is 1. The van der Waals surface area contributed by atoms with Crippen LogP contribution < -0.4 is 15.5 Å². The third-order valence-electron chi connectivity index (χ3n) is 5.75. The van der Waals surface area contributed by atoms with Crippen LogP contribution in [0.15, 0.2) is 55.5 Å². The van der Waals surface area contributed by atoms with Gasteiger partial charge in [0.1, 0.15) is 29.2 Å². The summed E-state index contributed by atoms with van der Waals surface area (Å²) >= 11 is 0. The average molecular weight is 403 g/mol. The summed E-state index contributed by atoms with van der Waals surface area (Å²) in [5.74, 6) is 7.78. The molecule has 0 radical (unpaired) electrons. The Kier molecular flexibility index (Phi) is 4.43. The van der Waals surface area contributed by atoms with E-state index in [1.54, 1.807) is 17.4 Å². The second kappa shape index (κ2) is 7.14. The van der Waals surface area contributed by atoms with Gasteiger partial charge in [0.15, 0.2) is 0 Å². The van der Waals surface area contributed by atoms with Gasteiger partial charge in [-0.25, -0.2) is 15.8 Å². The molecule has 1 aliphatic heterocycles. The van der Waals surface area contributed by atoms with Crippen molar-refractivity contribution in [3.8, 4) is 17.1 Å². The van der Waals surface area contributed by atoms with Gasteiger partial charge in [0, 0.05) is 30.7 Å². The number of hydrogen-bond donors (Lipinski definition) is 2. The molecule has 2 aliphatic rings. The lowest BCUT2D eigenvalue weighted by Crippen LogP contribution is -2.60. The first-order valence-corrected chi connectivity index (χ1v) is 10.1. The number of allylic oxidation sites excluding steroid dienone is 2. The van der Waals surface area contributed by atoms with Gasteiger partial charge in [-0.05, 0) is 44.0 Å². The van der Waals surface area contributed by atoms with E-state index in [9.17, 15) is 0 Å². The minimum Gasteiger partial charge on any atom is -0.488 e. The van der Waals surface area contributed by atoms with Crippen molar-refractivity contribution in [2.24, 2.45) is 5.84 Å². The van der Waals surface area contributed by atoms with Crippen LogP contribution in [-0.2, 0) is 0 Å². The number of nitrogens with zero attached hydrogens (tertiary/aromatic N) is 5. The van der Waals surface area contributed by atoms with E-state index in [4.69, 9.17) is 10.6 Å². The lowest BCUT2D eigenvalue weighted by molar-refractivity contribution is 0.200. The zero-order valence-corrected chi connectivity index (χ0v) is 17.0. The van der Waals surface area contributed by atoms with Crippen LogP contribution in [0.4, 0.5) is 5.82 Å². The summed E-state index contributed by atoms with van der Waals surface area (Å²) in [6.07, 6.45) is 9.15. The molecule has 0 amide bonds. The summed E-state index contributed by atoms with van der Waals surface area (Å²) in [5.41, 5.74) is 2.51. The highest BCUT2D eigenvalue weighted by Crippen LogP contribution is 2.40. The number of aromatic amines is 1. The topological polar surface area (TPSA) is 96.2 Å². The lowest BCUT2D eigenvalue weighted by Gasteiger charge is -2.43. The van der Waals surface area contributed by atoms with Crippen molar-refractivity contribution in [3.63, 3.8) is 0 Å². The average Bonchev–Trinajstić information content (AvgIpc) is 3.28. The van der Waals surface area contributed by atoms with E-state index < -0.39 is 0 Å². The van der Waals surface area contributed by atoms with Crippen LogP contribution in [0.3, 0.4) is 0 Å². The molecular weight excluding hydrogens is 378 g/mol. The number of benzene rings is 1. The Bertz CT molecular complexity index is 1110. The lowest BCUT2D eigenvalue weighted by atomic mass is 10.1. The van der Waals surface area contributed by atoms with Gasteiger partial charge in [0.25, 0.3) is 0 Å². The fourth-order valence-corrected chi connectivity index (χ4v) is 3.58. The van der Waals surface area contributed by atoms with Gasteiger partial charge in [-0.2, -0.15) is 5.10 Å². The SMILES string of the molecule is C=C/C=C\N(N)C1CN(c2cc(-c3n[nH]c4ccc(OC5(C)CC5)cc34)ncn2)C1. The molecule has 154 valence electrons. The molecule has 30 heavy (non-hydrogen) atoms. The standard InChI is InChI=1S/C22H25N7O/c1-3-4-9-29(23)15-12-28(13-15)20-11-19(24-14-25-20)21-17-10-16(30-22(2)7-8-22)5-6-18(17)26-27-21/h3-6,9-11,14-15H,1,7-8,12-13,23H2,2H3,(H,26,27)/b9-4-. The number of rotatable bonds is 7. The molecule has 0 unspecified atom stereocenters. The Morgan fingerprint density at radius 2 is 2.13 bits per heavy atom. The molecule has 8 nitrogen and oxygen atoms in total. The van der Waals surface area contributed by atoms with Gasteiger partial charge < -0.3 is 14.6 Å². The highest BCUT2D eigenvalue weighted by atomic mass is 16.5. The van der Waals surface area contributed by atoms with Crippen LogP contribution in [0.1, 0.15) is 19.8 Å². The van der Waals surface area contributed by atoms with Crippen LogP contribution in [-0.4, -0.2) is 49.9 Å². The fraction of sp³-hybridized carbons (Fsp3) is 0.318. The van der Waals surface area contributed by atoms with Gasteiger partial charge in [-0.15, -0.1) is 0 Å². The van der Waals surface area contributed by atoms with Crippen LogP contribution >= 0.6 is 0 Å². The summed E-state index contributed by atoms with van der Waals surface area (Å²) in [4.78, 5) is 11.1. The highest BCUT2D eigenvalue weighted by molar-refractivity contribution is 5.93. The Morgan fingerprint density at radius 1 is 1.30 bits per heavy atom. The molecule has 3 heterocycles. The van der Waals surface area contributed by atoms with Crippen molar-refractivity contribution in [1.29, 1.82) is 0 Å². The number of hydrogen-bond acceptors (Lipinski definition) is 7. The van der Waals surface area contributed by atoms with Gasteiger partial charge in [-0.3, -0.25) is 5.10 Å². The third-order valence-corrected chi connectivity index (χ3v) is 5.75. The van der Waals surface area contributed by atoms with Crippen molar-refractivity contribution in [2.45, 2.75) is 31.4 Å². The molecule has 0 atom stereocenters. The molecule has 0 spiro atoms. The highest BCUT2D eigenvalue weighted by Gasteiger charge is 2.40. The first-order valence-electron chi connectivity index (χ1n) is 10.1. The minimum absolute atomic E-state index is 0.0224. The fourth-order valence-electron chi connectivity index (χ4n) is 3.58. The van der Waals surface area contributed by atoms with E-state index >= 15 is 0 Å². The summed E-state index contributed by atoms with van der Waals surface area (Å²) in [5, 5.41) is 10.3. The van der Waals surface area contributed by atoms with E-state index in [0.29, 0.717) is 0 Å². The van der Waals surface area contributed by atoms with Crippen molar-refractivity contribution < 1.29 is 4.74 Å². The van der Waals surface area contributed by atoms with Crippen molar-refractivity contribution in [2.75, 3.05) is 18.0 Å². The summed E-state index contributed by atoms with van der Waals surface area (Å²) < 4.78 is 6.12. The van der Waals surface area contributed by atoms with Crippen molar-refractivity contribution in [1.82, 2.24) is 25.2 Å². The molecule has 8 heteroatoms. The molecule has 3 N–H and O–H groups in total. The number of H-pyrrole nitrogens is 1. The van der Waals surface area contributed by atoms with Gasteiger partial charge in [0.2, 0.25) is 0 Å². The van der Waals surface area contributed by atoms with Gasteiger partial charge >= 0.3 is 0 Å². The molecule has 2 aromatic heterocycles. The Hall–Kier alpha value is -3.39. The van der Waals surface area contributed by atoms with E-state index in [1.807, 2.05) is 36.5 Å². The molecule has 0 bridgehead atoms. The first-order chi connectivity index (χ1) is 14.5. The minimum atomic E-state index is -0.0224. The van der Waals surface area contributed by atoms with Crippen LogP contribution in [0.25, 0.3) is 22.3 Å². The number of nitrogens with two attached hydrogens (primary N) is 1. The van der Waals surface area contributed by atoms with Crippen LogP contribution in [0.2, 0.25) is 0 Å². The maximum atomic E-state index is 6.12. The molecule has 2 fully saturated rings. The number of nitrogens with one attached hydrogen (secondary N) is 1. The van der Waals surface area contributed by atoms with E-state index in [0.717, 1.165) is 59.8 Å². The van der Waals surface area contributed by atoms with E-state index in [1.165, 1.54) is 0 Å². The maximum absolute atomic E-state index is 6.12. The molecule has 1 saturated heterocycles. The second-order valence-electron chi connectivity index (χ2n) is 8.18.